The third-order valence-corrected chi connectivity index (χ3v) is 6.80. The van der Waals surface area contributed by atoms with Gasteiger partial charge in [0, 0.05) is 33.5 Å². The molecule has 0 atom stereocenters. The Morgan fingerprint density at radius 3 is 2.36 bits per heavy atom. The van der Waals surface area contributed by atoms with Crippen LogP contribution in [0.4, 0.5) is 0 Å². The van der Waals surface area contributed by atoms with Gasteiger partial charge in [-0.25, -0.2) is 19.6 Å². The summed E-state index contributed by atoms with van der Waals surface area (Å²) in [4.78, 5) is 14.6. The first-order chi connectivity index (χ1) is 17.4. The topological polar surface area (TPSA) is 75.0 Å². The smallest absolute Gasteiger partial charge is 0.162 e. The minimum atomic E-state index is -0.0961. The van der Waals surface area contributed by atoms with Crippen LogP contribution in [0.2, 0.25) is 0 Å². The number of nitrogens with zero attached hydrogens (tertiary/aromatic N) is 5. The number of aromatic nitrogens is 5. The molecule has 7 nitrogen and oxygen atoms in total. The molecule has 182 valence electrons. The third-order valence-electron chi connectivity index (χ3n) is 5.79. The van der Waals surface area contributed by atoms with Gasteiger partial charge in [0.1, 0.15) is 11.4 Å². The molecule has 0 amide bonds. The number of benzene rings is 2. The summed E-state index contributed by atoms with van der Waals surface area (Å²) in [7, 11) is 3.24. The summed E-state index contributed by atoms with van der Waals surface area (Å²) in [5.41, 5.74) is 3.74. The van der Waals surface area contributed by atoms with Gasteiger partial charge in [0.25, 0.3) is 0 Å². The van der Waals surface area contributed by atoms with Gasteiger partial charge >= 0.3 is 0 Å². The maximum atomic E-state index is 5.51. The maximum Gasteiger partial charge on any atom is 0.162 e. The van der Waals surface area contributed by atoms with E-state index in [0.29, 0.717) is 11.5 Å². The van der Waals surface area contributed by atoms with Crippen molar-refractivity contribution in [3.63, 3.8) is 0 Å². The van der Waals surface area contributed by atoms with Gasteiger partial charge in [-0.1, -0.05) is 50.7 Å². The molecule has 0 aliphatic carbocycles. The molecule has 0 saturated carbocycles. The number of methoxy groups -OCH3 is 2. The van der Waals surface area contributed by atoms with E-state index < -0.39 is 0 Å². The molecule has 0 fully saturated rings. The lowest BCUT2D eigenvalue weighted by molar-refractivity contribution is 0.355. The summed E-state index contributed by atoms with van der Waals surface area (Å²) in [6.45, 7) is 6.49. The van der Waals surface area contributed by atoms with Crippen LogP contribution >= 0.6 is 11.8 Å². The first kappa shape index (κ1) is 23.8. The van der Waals surface area contributed by atoms with E-state index in [1.807, 2.05) is 35.0 Å². The maximum absolute atomic E-state index is 5.51. The van der Waals surface area contributed by atoms with Gasteiger partial charge < -0.3 is 9.47 Å². The third kappa shape index (κ3) is 4.64. The fraction of sp³-hybridized carbons (Fsp3) is 0.214. The molecule has 8 heteroatoms. The van der Waals surface area contributed by atoms with Gasteiger partial charge in [0.15, 0.2) is 17.3 Å². The van der Waals surface area contributed by atoms with Crippen molar-refractivity contribution in [3.8, 4) is 28.6 Å². The van der Waals surface area contributed by atoms with Gasteiger partial charge in [0.2, 0.25) is 0 Å². The van der Waals surface area contributed by atoms with E-state index in [9.17, 15) is 0 Å². The van der Waals surface area contributed by atoms with E-state index >= 15 is 0 Å². The standard InChI is InChI=1S/C28H27N5O2S/c1-28(2,3)25-16-22(33(32-25)26-11-6-7-12-29-26)18-9-8-10-19(13-18)36-27-20-14-23(34-4)24(35-5)15-21(20)30-17-31-27/h6-17H,1-5H3. The predicted octanol–water partition coefficient (Wildman–Crippen LogP) is 6.34. The van der Waals surface area contributed by atoms with Crippen LogP contribution in [0.15, 0.2) is 83.1 Å². The molecule has 0 radical (unpaired) electrons. The molecule has 3 aromatic heterocycles. The zero-order chi connectivity index (χ0) is 25.3. The van der Waals surface area contributed by atoms with Crippen molar-refractivity contribution in [2.45, 2.75) is 36.1 Å². The van der Waals surface area contributed by atoms with Crippen molar-refractivity contribution >= 4 is 22.7 Å². The summed E-state index contributed by atoms with van der Waals surface area (Å²) >= 11 is 1.58. The van der Waals surface area contributed by atoms with Crippen molar-refractivity contribution in [3.05, 3.63) is 78.9 Å². The number of fused-ring (bicyclic) bond motifs is 1. The predicted molar refractivity (Wildman–Crippen MR) is 142 cm³/mol. The summed E-state index contributed by atoms with van der Waals surface area (Å²) in [6, 6.07) is 20.2. The SMILES string of the molecule is COc1cc2ncnc(Sc3cccc(-c4cc(C(C)(C)C)nn4-c4ccccn4)c3)c2cc1OC. The Labute approximate surface area is 214 Å². The second-order valence-corrected chi connectivity index (χ2v) is 10.4. The second-order valence-electron chi connectivity index (χ2n) is 9.30. The fourth-order valence-corrected chi connectivity index (χ4v) is 4.81. The minimum Gasteiger partial charge on any atom is -0.493 e. The second kappa shape index (κ2) is 9.62. The quantitative estimate of drug-likeness (QED) is 0.253. The van der Waals surface area contributed by atoms with Crippen molar-refractivity contribution < 1.29 is 9.47 Å². The Bertz CT molecular complexity index is 1530. The van der Waals surface area contributed by atoms with E-state index in [0.717, 1.165) is 43.6 Å². The van der Waals surface area contributed by atoms with E-state index in [-0.39, 0.29) is 5.41 Å². The lowest BCUT2D eigenvalue weighted by Gasteiger charge is -2.14. The number of hydrogen-bond acceptors (Lipinski definition) is 7. The lowest BCUT2D eigenvalue weighted by atomic mass is 9.92. The zero-order valence-electron chi connectivity index (χ0n) is 20.9. The molecule has 0 spiro atoms. The molecule has 3 heterocycles. The Kier molecular flexibility index (Phi) is 6.36. The molecule has 0 N–H and O–H groups in total. The van der Waals surface area contributed by atoms with Crippen LogP contribution in [0, 0.1) is 0 Å². The highest BCUT2D eigenvalue weighted by Gasteiger charge is 2.22. The molecule has 0 aliphatic rings. The average molecular weight is 498 g/mol. The van der Waals surface area contributed by atoms with Gasteiger partial charge in [0.05, 0.1) is 31.1 Å². The first-order valence-electron chi connectivity index (χ1n) is 11.5. The van der Waals surface area contributed by atoms with Crippen molar-refractivity contribution in [2.24, 2.45) is 0 Å². The normalized spacial score (nSPS) is 11.6. The molecule has 5 aromatic rings. The first-order valence-corrected chi connectivity index (χ1v) is 12.4. The van der Waals surface area contributed by atoms with Crippen LogP contribution in [-0.2, 0) is 5.41 Å². The van der Waals surface area contributed by atoms with Gasteiger partial charge in [-0.2, -0.15) is 5.10 Å². The van der Waals surface area contributed by atoms with Crippen LogP contribution < -0.4 is 9.47 Å². The van der Waals surface area contributed by atoms with Gasteiger partial charge in [-0.05, 0) is 36.4 Å². The molecule has 36 heavy (non-hydrogen) atoms. The largest absolute Gasteiger partial charge is 0.493 e. The lowest BCUT2D eigenvalue weighted by Crippen LogP contribution is -2.12. The Hall–Kier alpha value is -3.91. The molecular formula is C28H27N5O2S. The molecule has 0 saturated heterocycles. The highest BCUT2D eigenvalue weighted by molar-refractivity contribution is 7.99. The minimum absolute atomic E-state index is 0.0961. The number of pyridine rings is 1. The van der Waals surface area contributed by atoms with E-state index in [1.54, 1.807) is 38.5 Å². The fourth-order valence-electron chi connectivity index (χ4n) is 3.88. The van der Waals surface area contributed by atoms with Crippen molar-refractivity contribution in [1.82, 2.24) is 24.7 Å². The van der Waals surface area contributed by atoms with Crippen LogP contribution in [0.1, 0.15) is 26.5 Å². The monoisotopic (exact) mass is 497 g/mol. The summed E-state index contributed by atoms with van der Waals surface area (Å²) < 4.78 is 12.9. The molecule has 0 aliphatic heterocycles. The van der Waals surface area contributed by atoms with Crippen molar-refractivity contribution in [2.75, 3.05) is 14.2 Å². The number of rotatable bonds is 6. The molecule has 0 bridgehead atoms. The molecule has 2 aromatic carbocycles. The summed E-state index contributed by atoms with van der Waals surface area (Å²) in [5.74, 6) is 2.06. The summed E-state index contributed by atoms with van der Waals surface area (Å²) in [6.07, 6.45) is 3.36. The van der Waals surface area contributed by atoms with Crippen LogP contribution in [0.5, 0.6) is 11.5 Å². The number of hydrogen-bond donors (Lipinski definition) is 0. The molecule has 0 unspecified atom stereocenters. The molecule has 5 rings (SSSR count). The highest BCUT2D eigenvalue weighted by Crippen LogP contribution is 2.38. The van der Waals surface area contributed by atoms with E-state index in [2.05, 4.69) is 66.1 Å². The highest BCUT2D eigenvalue weighted by atomic mass is 32.2. The van der Waals surface area contributed by atoms with Crippen LogP contribution in [-0.4, -0.2) is 39.0 Å². The van der Waals surface area contributed by atoms with Gasteiger partial charge in [-0.15, -0.1) is 0 Å². The number of ether oxygens (including phenoxy) is 2. The van der Waals surface area contributed by atoms with E-state index in [1.165, 1.54) is 0 Å². The van der Waals surface area contributed by atoms with Gasteiger partial charge in [-0.3, -0.25) is 0 Å². The summed E-state index contributed by atoms with van der Waals surface area (Å²) in [5, 5.41) is 6.66. The van der Waals surface area contributed by atoms with E-state index in [4.69, 9.17) is 14.6 Å². The Morgan fingerprint density at radius 1 is 0.833 bits per heavy atom. The average Bonchev–Trinajstić information content (AvgIpc) is 3.35. The Balaban J connectivity index is 1.57. The molecular weight excluding hydrogens is 470 g/mol. The van der Waals surface area contributed by atoms with Crippen LogP contribution in [0.25, 0.3) is 28.0 Å². The van der Waals surface area contributed by atoms with Crippen LogP contribution in [0.3, 0.4) is 0 Å². The zero-order valence-corrected chi connectivity index (χ0v) is 21.7. The van der Waals surface area contributed by atoms with Crippen molar-refractivity contribution in [1.29, 1.82) is 0 Å². The Morgan fingerprint density at radius 2 is 1.64 bits per heavy atom.